The van der Waals surface area contributed by atoms with Crippen molar-refractivity contribution >= 4 is 23.6 Å². The highest BCUT2D eigenvalue weighted by atomic mass is 32.2. The van der Waals surface area contributed by atoms with Gasteiger partial charge in [-0.3, -0.25) is 9.69 Å². The lowest BCUT2D eigenvalue weighted by molar-refractivity contribution is -0.126. The first-order chi connectivity index (χ1) is 14.4. The molecule has 0 radical (unpaired) electrons. The van der Waals surface area contributed by atoms with Gasteiger partial charge in [0.15, 0.2) is 0 Å². The normalized spacial score (nSPS) is 19.1. The Balaban J connectivity index is 1.72. The first kappa shape index (κ1) is 22.3. The summed E-state index contributed by atoms with van der Waals surface area (Å²) in [5.74, 6) is -0.594. The van der Waals surface area contributed by atoms with Crippen LogP contribution in [0.25, 0.3) is 0 Å². The zero-order chi connectivity index (χ0) is 21.7. The Hall–Kier alpha value is -2.38. The van der Waals surface area contributed by atoms with Crippen molar-refractivity contribution in [2.45, 2.75) is 49.0 Å². The summed E-state index contributed by atoms with van der Waals surface area (Å²) in [5, 5.41) is 3.25. The van der Waals surface area contributed by atoms with Crippen molar-refractivity contribution in [3.05, 3.63) is 65.5 Å². The number of esters is 1. The molecule has 0 spiro atoms. The minimum absolute atomic E-state index is 0.0263. The predicted octanol–water partition coefficient (Wildman–Crippen LogP) is 3.87. The van der Waals surface area contributed by atoms with Crippen molar-refractivity contribution in [2.75, 3.05) is 13.7 Å². The quantitative estimate of drug-likeness (QED) is 0.676. The molecule has 3 rings (SSSR count). The van der Waals surface area contributed by atoms with Crippen LogP contribution in [0.2, 0.25) is 0 Å². The average molecular weight is 431 g/mol. The fourth-order valence-electron chi connectivity index (χ4n) is 3.58. The fourth-order valence-corrected chi connectivity index (χ4v) is 4.80. The van der Waals surface area contributed by atoms with Gasteiger partial charge in [-0.1, -0.05) is 12.1 Å². The Morgan fingerprint density at radius 2 is 1.83 bits per heavy atom. The van der Waals surface area contributed by atoms with Crippen molar-refractivity contribution in [1.29, 1.82) is 0 Å². The van der Waals surface area contributed by atoms with Crippen LogP contribution in [0, 0.1) is 5.82 Å². The maximum Gasteiger partial charge on any atom is 0.337 e. The van der Waals surface area contributed by atoms with Gasteiger partial charge in [0.1, 0.15) is 5.82 Å². The van der Waals surface area contributed by atoms with Gasteiger partial charge in [-0.15, -0.1) is 11.8 Å². The third-order valence-electron chi connectivity index (χ3n) is 4.98. The van der Waals surface area contributed by atoms with E-state index in [9.17, 15) is 14.0 Å². The van der Waals surface area contributed by atoms with E-state index in [1.165, 1.54) is 19.2 Å². The molecule has 0 unspecified atom stereocenters. The van der Waals surface area contributed by atoms with E-state index in [0.717, 1.165) is 23.4 Å². The lowest BCUT2D eigenvalue weighted by atomic mass is 10.1. The van der Waals surface area contributed by atoms with Gasteiger partial charge in [0.2, 0.25) is 5.91 Å². The molecule has 2 aromatic rings. The van der Waals surface area contributed by atoms with E-state index in [0.29, 0.717) is 12.1 Å². The number of benzene rings is 2. The molecule has 2 aromatic carbocycles. The number of nitrogens with one attached hydrogen (secondary N) is 1. The Morgan fingerprint density at radius 3 is 2.43 bits per heavy atom. The highest BCUT2D eigenvalue weighted by Gasteiger charge is 2.37. The molecular weight excluding hydrogens is 403 g/mol. The number of carbonyl (C=O) groups excluding carboxylic acids is 2. The van der Waals surface area contributed by atoms with Gasteiger partial charge in [0.25, 0.3) is 0 Å². The van der Waals surface area contributed by atoms with Crippen LogP contribution in [0.1, 0.15) is 36.2 Å². The molecule has 7 heteroatoms. The molecule has 0 aliphatic carbocycles. The van der Waals surface area contributed by atoms with Crippen LogP contribution in [0.4, 0.5) is 4.39 Å². The zero-order valence-corrected chi connectivity index (χ0v) is 18.2. The van der Waals surface area contributed by atoms with E-state index in [2.05, 4.69) is 10.2 Å². The predicted molar refractivity (Wildman–Crippen MR) is 116 cm³/mol. The van der Waals surface area contributed by atoms with Crippen LogP contribution in [-0.2, 0) is 16.1 Å². The summed E-state index contributed by atoms with van der Waals surface area (Å²) in [4.78, 5) is 27.6. The average Bonchev–Trinajstić information content (AvgIpc) is 3.11. The molecule has 0 bridgehead atoms. The minimum Gasteiger partial charge on any atom is -0.465 e. The van der Waals surface area contributed by atoms with Gasteiger partial charge >= 0.3 is 5.97 Å². The Kier molecular flexibility index (Phi) is 7.50. The SMILES string of the molecule is COC(=O)c1ccc(CN2C[C@H](Sc3ccc(F)cc3)C[C@H]2C(=O)NC(C)C)cc1. The van der Waals surface area contributed by atoms with Crippen molar-refractivity contribution in [3.63, 3.8) is 0 Å². The smallest absolute Gasteiger partial charge is 0.337 e. The summed E-state index contributed by atoms with van der Waals surface area (Å²) in [6.45, 7) is 5.26. The number of halogens is 1. The molecule has 1 N–H and O–H groups in total. The Bertz CT molecular complexity index is 871. The van der Waals surface area contributed by atoms with E-state index < -0.39 is 0 Å². The van der Waals surface area contributed by atoms with Gasteiger partial charge in [0.05, 0.1) is 18.7 Å². The molecule has 1 heterocycles. The van der Waals surface area contributed by atoms with E-state index in [1.54, 1.807) is 36.0 Å². The number of thioether (sulfide) groups is 1. The van der Waals surface area contributed by atoms with E-state index >= 15 is 0 Å². The van der Waals surface area contributed by atoms with E-state index in [-0.39, 0.29) is 35.0 Å². The lowest BCUT2D eigenvalue weighted by Crippen LogP contribution is -2.45. The molecule has 1 fully saturated rings. The van der Waals surface area contributed by atoms with E-state index in [4.69, 9.17) is 4.74 Å². The van der Waals surface area contributed by atoms with Gasteiger partial charge in [0, 0.05) is 29.3 Å². The first-order valence-corrected chi connectivity index (χ1v) is 10.9. The molecule has 1 aliphatic rings. The minimum atomic E-state index is -0.368. The van der Waals surface area contributed by atoms with Crippen LogP contribution in [0.3, 0.4) is 0 Å². The number of rotatable bonds is 7. The molecule has 160 valence electrons. The third kappa shape index (κ3) is 5.83. The van der Waals surface area contributed by atoms with Crippen LogP contribution in [0.5, 0.6) is 0 Å². The summed E-state index contributed by atoms with van der Waals surface area (Å²) in [5.41, 5.74) is 1.53. The molecule has 0 saturated carbocycles. The summed E-state index contributed by atoms with van der Waals surface area (Å²) >= 11 is 1.67. The highest BCUT2D eigenvalue weighted by Crippen LogP contribution is 2.34. The van der Waals surface area contributed by atoms with Crippen molar-refractivity contribution in [3.8, 4) is 0 Å². The topological polar surface area (TPSA) is 58.6 Å². The monoisotopic (exact) mass is 430 g/mol. The zero-order valence-electron chi connectivity index (χ0n) is 17.4. The number of ether oxygens (including phenoxy) is 1. The van der Waals surface area contributed by atoms with Gasteiger partial charge in [-0.2, -0.15) is 0 Å². The Labute approximate surface area is 181 Å². The fraction of sp³-hybridized carbons (Fsp3) is 0.391. The number of hydrogen-bond donors (Lipinski definition) is 1. The third-order valence-corrected chi connectivity index (χ3v) is 6.19. The molecule has 5 nitrogen and oxygen atoms in total. The molecule has 30 heavy (non-hydrogen) atoms. The molecular formula is C23H27FN2O3S. The maximum atomic E-state index is 13.2. The summed E-state index contributed by atoms with van der Waals surface area (Å²) < 4.78 is 17.9. The molecule has 1 aliphatic heterocycles. The number of hydrogen-bond acceptors (Lipinski definition) is 5. The highest BCUT2D eigenvalue weighted by molar-refractivity contribution is 8.00. The van der Waals surface area contributed by atoms with Gasteiger partial charge in [-0.25, -0.2) is 9.18 Å². The van der Waals surface area contributed by atoms with Crippen LogP contribution >= 0.6 is 11.8 Å². The van der Waals surface area contributed by atoms with Crippen molar-refractivity contribution in [2.24, 2.45) is 0 Å². The molecule has 2 atom stereocenters. The van der Waals surface area contributed by atoms with Crippen LogP contribution < -0.4 is 5.32 Å². The number of nitrogens with zero attached hydrogens (tertiary/aromatic N) is 1. The number of likely N-dealkylation sites (tertiary alicyclic amines) is 1. The van der Waals surface area contributed by atoms with Crippen LogP contribution in [-0.4, -0.2) is 47.8 Å². The van der Waals surface area contributed by atoms with Gasteiger partial charge < -0.3 is 10.1 Å². The number of carbonyl (C=O) groups is 2. The maximum absolute atomic E-state index is 13.2. The number of methoxy groups -OCH3 is 1. The van der Waals surface area contributed by atoms with Gasteiger partial charge in [-0.05, 0) is 62.2 Å². The first-order valence-electron chi connectivity index (χ1n) is 9.99. The Morgan fingerprint density at radius 1 is 1.17 bits per heavy atom. The second-order valence-corrected chi connectivity index (χ2v) is 9.10. The second-order valence-electron chi connectivity index (χ2n) is 7.73. The van der Waals surface area contributed by atoms with Crippen molar-refractivity contribution < 1.29 is 18.7 Å². The van der Waals surface area contributed by atoms with E-state index in [1.807, 2.05) is 26.0 Å². The molecule has 0 aromatic heterocycles. The standard InChI is InChI=1S/C23H27FN2O3S/c1-15(2)25-22(27)21-12-20(30-19-10-8-18(24)9-11-19)14-26(21)13-16-4-6-17(7-5-16)23(28)29-3/h4-11,15,20-21H,12-14H2,1-3H3,(H,25,27)/t20-,21+/m1/s1. The van der Waals surface area contributed by atoms with Crippen molar-refractivity contribution in [1.82, 2.24) is 10.2 Å². The largest absolute Gasteiger partial charge is 0.465 e. The lowest BCUT2D eigenvalue weighted by Gasteiger charge is -2.24. The molecule has 1 saturated heterocycles. The second kappa shape index (κ2) is 10.1. The summed E-state index contributed by atoms with van der Waals surface area (Å²) in [7, 11) is 1.36. The summed E-state index contributed by atoms with van der Waals surface area (Å²) in [6, 6.07) is 13.6. The molecule has 1 amide bonds. The number of amides is 1. The van der Waals surface area contributed by atoms with Crippen LogP contribution in [0.15, 0.2) is 53.4 Å². The summed E-state index contributed by atoms with van der Waals surface area (Å²) in [6.07, 6.45) is 0.723.